The third-order valence-corrected chi connectivity index (χ3v) is 3.92. The molecule has 1 atom stereocenters. The second-order valence-corrected chi connectivity index (χ2v) is 6.47. The first-order valence-electron chi connectivity index (χ1n) is 5.55. The number of fused-ring (bicyclic) bond motifs is 1. The van der Waals surface area contributed by atoms with Crippen LogP contribution in [0.1, 0.15) is 37.4 Å². The van der Waals surface area contributed by atoms with E-state index in [2.05, 4.69) is 4.98 Å². The van der Waals surface area contributed by atoms with Crippen molar-refractivity contribution in [3.8, 4) is 0 Å². The Morgan fingerprint density at radius 3 is 2.76 bits per heavy atom. The van der Waals surface area contributed by atoms with Crippen molar-refractivity contribution >= 4 is 22.6 Å². The number of hydrogen-bond donors (Lipinski definition) is 2. The highest BCUT2D eigenvalue weighted by atomic mass is 32.1. The van der Waals surface area contributed by atoms with Gasteiger partial charge in [0, 0.05) is 17.8 Å². The molecule has 0 bridgehead atoms. The van der Waals surface area contributed by atoms with Crippen molar-refractivity contribution in [1.82, 2.24) is 9.88 Å². The Bertz CT molecular complexity index is 450. The summed E-state index contributed by atoms with van der Waals surface area (Å²) in [5.41, 5.74) is 6.38. The monoisotopic (exact) mass is 255 g/mol. The maximum Gasteiger partial charge on any atom is 0.407 e. The van der Waals surface area contributed by atoms with E-state index in [1.54, 1.807) is 0 Å². The topological polar surface area (TPSA) is 79.5 Å². The van der Waals surface area contributed by atoms with E-state index < -0.39 is 6.09 Å². The van der Waals surface area contributed by atoms with Gasteiger partial charge in [0.1, 0.15) is 0 Å². The van der Waals surface area contributed by atoms with Gasteiger partial charge in [-0.25, -0.2) is 9.78 Å². The second kappa shape index (κ2) is 3.87. The predicted octanol–water partition coefficient (Wildman–Crippen LogP) is 2.35. The molecular weight excluding hydrogens is 238 g/mol. The molecule has 0 saturated heterocycles. The van der Waals surface area contributed by atoms with Gasteiger partial charge in [-0.2, -0.15) is 0 Å². The van der Waals surface area contributed by atoms with Gasteiger partial charge < -0.3 is 10.8 Å². The second-order valence-electron chi connectivity index (χ2n) is 5.36. The normalized spacial score (nSPS) is 20.2. The molecule has 0 radical (unpaired) electrons. The molecule has 0 aliphatic carbocycles. The van der Waals surface area contributed by atoms with Gasteiger partial charge in [-0.15, -0.1) is 11.3 Å². The lowest BCUT2D eigenvalue weighted by Gasteiger charge is -2.40. The molecule has 5 nitrogen and oxygen atoms in total. The minimum Gasteiger partial charge on any atom is -0.465 e. The van der Waals surface area contributed by atoms with E-state index in [1.165, 1.54) is 16.2 Å². The van der Waals surface area contributed by atoms with Gasteiger partial charge in [-0.05, 0) is 5.41 Å². The van der Waals surface area contributed by atoms with Crippen molar-refractivity contribution in [2.75, 3.05) is 12.3 Å². The first-order chi connectivity index (χ1) is 7.80. The lowest BCUT2D eigenvalue weighted by atomic mass is 9.81. The number of nitrogen functional groups attached to an aromatic ring is 1. The molecule has 1 aliphatic rings. The molecule has 3 N–H and O–H groups in total. The zero-order chi connectivity index (χ0) is 12.8. The van der Waals surface area contributed by atoms with E-state index >= 15 is 0 Å². The summed E-state index contributed by atoms with van der Waals surface area (Å²) in [7, 11) is 0. The van der Waals surface area contributed by atoms with Crippen molar-refractivity contribution < 1.29 is 9.90 Å². The van der Waals surface area contributed by atoms with Gasteiger partial charge in [0.05, 0.1) is 11.7 Å². The summed E-state index contributed by atoms with van der Waals surface area (Å²) in [5.74, 6) is 0. The van der Waals surface area contributed by atoms with Gasteiger partial charge in [0.2, 0.25) is 0 Å². The molecule has 0 saturated carbocycles. The molecule has 1 unspecified atom stereocenters. The van der Waals surface area contributed by atoms with Crippen LogP contribution in [0.2, 0.25) is 0 Å². The Morgan fingerprint density at radius 1 is 1.59 bits per heavy atom. The number of hydrogen-bond acceptors (Lipinski definition) is 4. The van der Waals surface area contributed by atoms with Crippen LogP contribution in [-0.2, 0) is 6.42 Å². The third-order valence-electron chi connectivity index (χ3n) is 2.96. The van der Waals surface area contributed by atoms with Crippen LogP contribution < -0.4 is 5.73 Å². The van der Waals surface area contributed by atoms with E-state index in [0.717, 1.165) is 10.6 Å². The summed E-state index contributed by atoms with van der Waals surface area (Å²) >= 11 is 1.47. The van der Waals surface area contributed by atoms with Crippen LogP contribution in [-0.4, -0.2) is 27.6 Å². The van der Waals surface area contributed by atoms with E-state index in [0.29, 0.717) is 18.1 Å². The molecule has 0 spiro atoms. The quantitative estimate of drug-likeness (QED) is 0.745. The number of thiazole rings is 1. The van der Waals surface area contributed by atoms with Gasteiger partial charge >= 0.3 is 6.09 Å². The Morgan fingerprint density at radius 2 is 2.24 bits per heavy atom. The van der Waals surface area contributed by atoms with Crippen LogP contribution >= 0.6 is 11.3 Å². The molecule has 17 heavy (non-hydrogen) atoms. The standard InChI is InChI=1S/C11H17N3O2S/c1-11(2,3)8-7-6(17-9(12)13-7)4-5-14(8)10(15)16/h8H,4-5H2,1-3H3,(H2,12,13)(H,15,16). The molecule has 1 aromatic heterocycles. The average Bonchev–Trinajstić information content (AvgIpc) is 2.53. The molecule has 1 aromatic rings. The SMILES string of the molecule is CC(C)(C)C1c2nc(N)sc2CCN1C(=O)O. The molecule has 2 heterocycles. The van der Waals surface area contributed by atoms with Crippen molar-refractivity contribution in [3.63, 3.8) is 0 Å². The molecule has 2 rings (SSSR count). The largest absolute Gasteiger partial charge is 0.465 e. The Labute approximate surface area is 104 Å². The molecule has 0 fully saturated rings. The lowest BCUT2D eigenvalue weighted by Crippen LogP contribution is -2.44. The summed E-state index contributed by atoms with van der Waals surface area (Å²) in [6.45, 7) is 6.60. The molecule has 6 heteroatoms. The predicted molar refractivity (Wildman–Crippen MR) is 67.2 cm³/mol. The number of rotatable bonds is 0. The van der Waals surface area contributed by atoms with Crippen molar-refractivity contribution in [3.05, 3.63) is 10.6 Å². The fourth-order valence-corrected chi connectivity index (χ4v) is 3.21. The third kappa shape index (κ3) is 2.09. The Kier molecular flexibility index (Phi) is 2.77. The lowest BCUT2D eigenvalue weighted by molar-refractivity contribution is 0.0744. The van der Waals surface area contributed by atoms with Gasteiger partial charge in [-0.3, -0.25) is 4.90 Å². The number of amides is 1. The fourth-order valence-electron chi connectivity index (χ4n) is 2.36. The summed E-state index contributed by atoms with van der Waals surface area (Å²) in [6.07, 6.45) is -0.176. The zero-order valence-electron chi connectivity index (χ0n) is 10.2. The van der Waals surface area contributed by atoms with Crippen LogP contribution in [0.15, 0.2) is 0 Å². The molecule has 94 valence electrons. The number of nitrogens with zero attached hydrogens (tertiary/aromatic N) is 2. The average molecular weight is 255 g/mol. The van der Waals surface area contributed by atoms with Crippen LogP contribution in [0.5, 0.6) is 0 Å². The molecular formula is C11H17N3O2S. The Balaban J connectivity index is 2.49. The summed E-state index contributed by atoms with van der Waals surface area (Å²) in [5, 5.41) is 9.80. The summed E-state index contributed by atoms with van der Waals surface area (Å²) in [6, 6.07) is -0.211. The van der Waals surface area contributed by atoms with E-state index in [4.69, 9.17) is 5.73 Å². The maximum atomic E-state index is 11.3. The maximum absolute atomic E-state index is 11.3. The number of anilines is 1. The molecule has 1 amide bonds. The first kappa shape index (κ1) is 12.2. The Hall–Kier alpha value is -1.30. The minimum atomic E-state index is -0.887. The van der Waals surface area contributed by atoms with Gasteiger partial charge in [0.15, 0.2) is 5.13 Å². The molecule has 0 aromatic carbocycles. The smallest absolute Gasteiger partial charge is 0.407 e. The van der Waals surface area contributed by atoms with Crippen molar-refractivity contribution in [2.24, 2.45) is 5.41 Å². The first-order valence-corrected chi connectivity index (χ1v) is 6.37. The molecule has 1 aliphatic heterocycles. The number of carboxylic acid groups (broad SMARTS) is 1. The van der Waals surface area contributed by atoms with E-state index in [-0.39, 0.29) is 11.5 Å². The van der Waals surface area contributed by atoms with Crippen molar-refractivity contribution in [1.29, 1.82) is 0 Å². The van der Waals surface area contributed by atoms with Crippen LogP contribution in [0, 0.1) is 5.41 Å². The van der Waals surface area contributed by atoms with Gasteiger partial charge in [0.25, 0.3) is 0 Å². The van der Waals surface area contributed by atoms with E-state index in [9.17, 15) is 9.90 Å². The number of carbonyl (C=O) groups is 1. The minimum absolute atomic E-state index is 0.186. The highest BCUT2D eigenvalue weighted by Gasteiger charge is 2.40. The zero-order valence-corrected chi connectivity index (χ0v) is 11.0. The van der Waals surface area contributed by atoms with E-state index in [1.807, 2.05) is 20.8 Å². The highest BCUT2D eigenvalue weighted by Crippen LogP contribution is 2.43. The van der Waals surface area contributed by atoms with Crippen molar-refractivity contribution in [2.45, 2.75) is 33.2 Å². The summed E-state index contributed by atoms with van der Waals surface area (Å²) < 4.78 is 0. The van der Waals surface area contributed by atoms with Crippen LogP contribution in [0.4, 0.5) is 9.93 Å². The summed E-state index contributed by atoms with van der Waals surface area (Å²) in [4.78, 5) is 18.2. The number of nitrogens with two attached hydrogens (primary N) is 1. The van der Waals surface area contributed by atoms with Crippen LogP contribution in [0.3, 0.4) is 0 Å². The number of aromatic nitrogens is 1. The fraction of sp³-hybridized carbons (Fsp3) is 0.636. The van der Waals surface area contributed by atoms with Crippen LogP contribution in [0.25, 0.3) is 0 Å². The highest BCUT2D eigenvalue weighted by molar-refractivity contribution is 7.15. The van der Waals surface area contributed by atoms with Gasteiger partial charge in [-0.1, -0.05) is 20.8 Å².